The van der Waals surface area contributed by atoms with Gasteiger partial charge in [0.25, 0.3) is 0 Å². The minimum absolute atomic E-state index is 0.793. The summed E-state index contributed by atoms with van der Waals surface area (Å²) in [6.07, 6.45) is 2.09. The zero-order chi connectivity index (χ0) is 19.5. The van der Waals surface area contributed by atoms with Crippen LogP contribution in [0.25, 0.3) is 11.3 Å². The summed E-state index contributed by atoms with van der Waals surface area (Å²) in [5, 5.41) is 4.52. The van der Waals surface area contributed by atoms with Gasteiger partial charge < -0.3 is 0 Å². The van der Waals surface area contributed by atoms with Crippen molar-refractivity contribution in [2.45, 2.75) is 6.54 Å². The molecular formula is C16H16F6N3P. The zero-order valence-corrected chi connectivity index (χ0v) is 14.5. The maximum atomic E-state index is 9.87. The number of halogens is 6. The van der Waals surface area contributed by atoms with E-state index < -0.39 is 7.81 Å². The molecule has 2 aromatic carbocycles. The van der Waals surface area contributed by atoms with E-state index in [1.807, 2.05) is 40.7 Å². The van der Waals surface area contributed by atoms with Gasteiger partial charge in [-0.15, -0.1) is 9.36 Å². The molecule has 0 unspecified atom stereocenters. The van der Waals surface area contributed by atoms with E-state index in [0.29, 0.717) is 0 Å². The number of rotatable bonds is 3. The fourth-order valence-electron chi connectivity index (χ4n) is 2.19. The first-order valence-corrected chi connectivity index (χ1v) is 9.40. The van der Waals surface area contributed by atoms with Gasteiger partial charge in [-0.1, -0.05) is 60.7 Å². The molecule has 26 heavy (non-hydrogen) atoms. The van der Waals surface area contributed by atoms with E-state index in [-0.39, 0.29) is 0 Å². The summed E-state index contributed by atoms with van der Waals surface area (Å²) in [6.45, 7) is 0.793. The third-order valence-corrected chi connectivity index (χ3v) is 3.13. The number of nitrogens with zero attached hydrogens (tertiary/aromatic N) is 3. The quantitative estimate of drug-likeness (QED) is 0.312. The Kier molecular flexibility index (Phi) is 4.89. The molecule has 0 spiro atoms. The van der Waals surface area contributed by atoms with E-state index in [1.165, 1.54) is 11.1 Å². The van der Waals surface area contributed by atoms with Gasteiger partial charge in [-0.05, 0) is 5.56 Å². The molecule has 10 heteroatoms. The van der Waals surface area contributed by atoms with Crippen LogP contribution >= 0.6 is 7.81 Å². The second kappa shape index (κ2) is 6.39. The van der Waals surface area contributed by atoms with Crippen molar-refractivity contribution in [2.24, 2.45) is 7.05 Å². The van der Waals surface area contributed by atoms with Crippen molar-refractivity contribution < 1.29 is 29.9 Å². The summed E-state index contributed by atoms with van der Waals surface area (Å²) in [5.74, 6) is 0. The van der Waals surface area contributed by atoms with E-state index in [4.69, 9.17) is 0 Å². The van der Waals surface area contributed by atoms with Crippen molar-refractivity contribution in [3.8, 4) is 11.3 Å². The van der Waals surface area contributed by atoms with Crippen molar-refractivity contribution in [1.82, 2.24) is 9.90 Å². The Balaban J connectivity index is 0.000000298. The number of aromatic nitrogens is 3. The molecule has 0 N–H and O–H groups in total. The van der Waals surface area contributed by atoms with Crippen LogP contribution in [-0.2, 0) is 13.6 Å². The number of hydrogen-bond donors (Lipinski definition) is 0. The fraction of sp³-hybridized carbons (Fsp3) is 0.125. The van der Waals surface area contributed by atoms with Crippen LogP contribution < -0.4 is 4.68 Å². The number of benzene rings is 2. The molecule has 0 saturated heterocycles. The first-order chi connectivity index (χ1) is 11.8. The molecule has 3 aromatic rings. The zero-order valence-electron chi connectivity index (χ0n) is 13.6. The summed E-state index contributed by atoms with van der Waals surface area (Å²) >= 11 is 0. The summed E-state index contributed by atoms with van der Waals surface area (Å²) in [4.78, 5) is 0. The Hall–Kier alpha value is -2.41. The molecule has 0 aliphatic rings. The SMILES string of the molecule is Cn1n[n+](Cc2ccccc2)cc1-c1ccccc1.F[P-](F)(F)(F)(F)F. The van der Waals surface area contributed by atoms with Crippen molar-refractivity contribution in [3.63, 3.8) is 0 Å². The van der Waals surface area contributed by atoms with E-state index in [0.717, 1.165) is 12.2 Å². The van der Waals surface area contributed by atoms with E-state index >= 15 is 0 Å². The predicted octanol–water partition coefficient (Wildman–Crippen LogP) is 5.81. The topological polar surface area (TPSA) is 21.7 Å². The first kappa shape index (κ1) is 19.9. The Labute approximate surface area is 145 Å². The Morgan fingerprint density at radius 2 is 1.31 bits per heavy atom. The minimum atomic E-state index is -10.7. The maximum absolute atomic E-state index is 10.7. The summed E-state index contributed by atoms with van der Waals surface area (Å²) in [6, 6.07) is 20.7. The van der Waals surface area contributed by atoms with Crippen molar-refractivity contribution >= 4 is 7.81 Å². The van der Waals surface area contributed by atoms with Crippen LogP contribution in [0.2, 0.25) is 0 Å². The van der Waals surface area contributed by atoms with Crippen LogP contribution in [0.1, 0.15) is 5.56 Å². The molecule has 0 aliphatic carbocycles. The van der Waals surface area contributed by atoms with Gasteiger partial charge in [-0.25, -0.2) is 0 Å². The van der Waals surface area contributed by atoms with Crippen LogP contribution in [0.5, 0.6) is 0 Å². The molecule has 0 radical (unpaired) electrons. The van der Waals surface area contributed by atoms with E-state index in [1.54, 1.807) is 0 Å². The third-order valence-electron chi connectivity index (χ3n) is 3.13. The molecule has 3 nitrogen and oxygen atoms in total. The molecule has 0 atom stereocenters. The summed E-state index contributed by atoms with van der Waals surface area (Å²) < 4.78 is 63.1. The molecule has 0 aliphatic heterocycles. The average molecular weight is 395 g/mol. The van der Waals surface area contributed by atoms with Crippen molar-refractivity contribution in [3.05, 3.63) is 72.4 Å². The molecule has 0 saturated carbocycles. The molecule has 0 fully saturated rings. The molecule has 0 bridgehead atoms. The van der Waals surface area contributed by atoms with Crippen LogP contribution in [0.4, 0.5) is 25.2 Å². The molecule has 1 heterocycles. The number of hydrogen-bond acceptors (Lipinski definition) is 1. The van der Waals surface area contributed by atoms with Crippen molar-refractivity contribution in [2.75, 3.05) is 0 Å². The van der Waals surface area contributed by atoms with E-state index in [9.17, 15) is 25.2 Å². The normalized spacial score (nSPS) is 14.0. The van der Waals surface area contributed by atoms with Gasteiger partial charge in [0, 0.05) is 5.56 Å². The molecule has 3 rings (SSSR count). The molecular weight excluding hydrogens is 379 g/mol. The van der Waals surface area contributed by atoms with Crippen LogP contribution in [-0.4, -0.2) is 9.90 Å². The van der Waals surface area contributed by atoms with Gasteiger partial charge in [0.15, 0.2) is 11.9 Å². The van der Waals surface area contributed by atoms with Crippen LogP contribution in [0.15, 0.2) is 66.9 Å². The Morgan fingerprint density at radius 1 is 0.846 bits per heavy atom. The first-order valence-electron chi connectivity index (χ1n) is 7.37. The molecule has 1 aromatic heterocycles. The van der Waals surface area contributed by atoms with Gasteiger partial charge in [-0.2, -0.15) is 0 Å². The van der Waals surface area contributed by atoms with Gasteiger partial charge in [0.05, 0.1) is 5.21 Å². The fourth-order valence-corrected chi connectivity index (χ4v) is 2.19. The van der Waals surface area contributed by atoms with E-state index in [2.05, 4.69) is 47.8 Å². The van der Waals surface area contributed by atoms with Gasteiger partial charge in [0.1, 0.15) is 13.6 Å². The molecule has 142 valence electrons. The van der Waals surface area contributed by atoms with Crippen LogP contribution in [0.3, 0.4) is 0 Å². The van der Waals surface area contributed by atoms with Gasteiger partial charge >= 0.3 is 33.0 Å². The third kappa shape index (κ3) is 8.11. The summed E-state index contributed by atoms with van der Waals surface area (Å²) in [7, 11) is -8.68. The van der Waals surface area contributed by atoms with Crippen LogP contribution in [0, 0.1) is 0 Å². The number of aryl methyl sites for hydroxylation is 1. The monoisotopic (exact) mass is 395 g/mol. The second-order valence-electron chi connectivity index (χ2n) is 5.53. The van der Waals surface area contributed by atoms with Gasteiger partial charge in [0.2, 0.25) is 0 Å². The van der Waals surface area contributed by atoms with Gasteiger partial charge in [-0.3, -0.25) is 0 Å². The average Bonchev–Trinajstić information content (AvgIpc) is 2.86. The Morgan fingerprint density at radius 3 is 1.81 bits per heavy atom. The summed E-state index contributed by atoms with van der Waals surface area (Å²) in [5.41, 5.74) is 3.56. The predicted molar refractivity (Wildman–Crippen MR) is 88.0 cm³/mol. The van der Waals surface area contributed by atoms with Crippen molar-refractivity contribution in [1.29, 1.82) is 0 Å². The Bertz CT molecular complexity index is 850. The molecule has 0 amide bonds. The standard InChI is InChI=1S/C16H16N3.F6P/c1-18-16(15-10-6-3-7-11-15)13-19(17-18)12-14-8-4-2-5-9-14;1-7(2,3,4,5)6/h2-11,13H,12H2,1H3;/q+1;-1. The second-order valence-corrected chi connectivity index (χ2v) is 7.45.